The highest BCUT2D eigenvalue weighted by Gasteiger charge is 2.32. The quantitative estimate of drug-likeness (QED) is 0.317. The Hall–Kier alpha value is -3.65. The van der Waals surface area contributed by atoms with Crippen LogP contribution in [-0.2, 0) is 14.6 Å². The molecule has 1 atom stereocenters. The normalized spacial score (nSPS) is 16.8. The number of carbonyl (C=O) groups excluding carboxylic acids is 1. The van der Waals surface area contributed by atoms with Gasteiger partial charge in [-0.2, -0.15) is 5.26 Å². The van der Waals surface area contributed by atoms with Crippen LogP contribution >= 0.6 is 0 Å². The Bertz CT molecular complexity index is 1140. The predicted octanol–water partition coefficient (Wildman–Crippen LogP) is 1.61. The molecule has 2 aromatic rings. The van der Waals surface area contributed by atoms with Crippen molar-refractivity contribution >= 4 is 27.6 Å². The van der Waals surface area contributed by atoms with Gasteiger partial charge in [0.25, 0.3) is 0 Å². The van der Waals surface area contributed by atoms with E-state index in [1.807, 2.05) is 0 Å². The number of nitrogens with zero attached hydrogens (tertiary/aromatic N) is 3. The third kappa shape index (κ3) is 4.66. The van der Waals surface area contributed by atoms with E-state index in [1.165, 1.54) is 41.3 Å². The Morgan fingerprint density at radius 3 is 2.67 bits per heavy atom. The van der Waals surface area contributed by atoms with Crippen molar-refractivity contribution in [3.8, 4) is 17.3 Å². The minimum Gasteiger partial charge on any atom is -0.442 e. The number of carbonyl (C=O) groups is 1. The lowest BCUT2D eigenvalue weighted by atomic mass is 10.0. The van der Waals surface area contributed by atoms with Gasteiger partial charge >= 0.3 is 6.09 Å². The molecule has 0 radical (unpaired) electrons. The summed E-state index contributed by atoms with van der Waals surface area (Å²) in [6.07, 6.45) is 1.48. The zero-order valence-corrected chi connectivity index (χ0v) is 16.7. The second-order valence-corrected chi connectivity index (χ2v) is 8.56. The summed E-state index contributed by atoms with van der Waals surface area (Å²) >= 11 is 0. The summed E-state index contributed by atoms with van der Waals surface area (Å²) in [5.41, 5.74) is 6.53. The van der Waals surface area contributed by atoms with Gasteiger partial charge < -0.3 is 10.5 Å². The number of nitriles is 1. The number of nitrogens with two attached hydrogens (primary N) is 1. The van der Waals surface area contributed by atoms with Gasteiger partial charge in [-0.3, -0.25) is 10.2 Å². The number of sulfone groups is 1. The van der Waals surface area contributed by atoms with E-state index in [2.05, 4.69) is 10.3 Å². The van der Waals surface area contributed by atoms with Crippen molar-refractivity contribution in [3.63, 3.8) is 0 Å². The van der Waals surface area contributed by atoms with Crippen LogP contribution in [0, 0.1) is 17.3 Å². The molecule has 156 valence electrons. The predicted molar refractivity (Wildman–Crippen MR) is 108 cm³/mol. The lowest BCUT2D eigenvalue weighted by Crippen LogP contribution is -2.30. The first-order valence-corrected chi connectivity index (χ1v) is 10.6. The highest BCUT2D eigenvalue weighted by molar-refractivity contribution is 7.90. The van der Waals surface area contributed by atoms with E-state index in [9.17, 15) is 17.6 Å². The third-order valence-electron chi connectivity index (χ3n) is 4.38. The molecule has 3 N–H and O–H groups in total. The van der Waals surface area contributed by atoms with Gasteiger partial charge in [0, 0.05) is 11.8 Å². The molecule has 3 rings (SSSR count). The first-order chi connectivity index (χ1) is 14.2. The molecule has 0 unspecified atom stereocenters. The van der Waals surface area contributed by atoms with Gasteiger partial charge in [-0.25, -0.2) is 22.6 Å². The van der Waals surface area contributed by atoms with Crippen molar-refractivity contribution in [2.45, 2.75) is 11.0 Å². The highest BCUT2D eigenvalue weighted by atomic mass is 32.2. The number of rotatable bonds is 5. The average Bonchev–Trinajstić information content (AvgIpc) is 3.07. The molecule has 9 nitrogen and oxygen atoms in total. The first-order valence-electron chi connectivity index (χ1n) is 8.72. The maximum absolute atomic E-state index is 14.7. The first kappa shape index (κ1) is 21.1. The smallest absolute Gasteiger partial charge is 0.414 e. The Kier molecular flexibility index (Phi) is 5.89. The molecule has 1 aliphatic heterocycles. The van der Waals surface area contributed by atoms with Gasteiger partial charge in [0.15, 0.2) is 16.0 Å². The van der Waals surface area contributed by atoms with Gasteiger partial charge in [-0.05, 0) is 35.9 Å². The van der Waals surface area contributed by atoms with Gasteiger partial charge in [-0.15, -0.1) is 0 Å². The van der Waals surface area contributed by atoms with E-state index in [-0.39, 0.29) is 29.5 Å². The van der Waals surface area contributed by atoms with Crippen LogP contribution in [0.3, 0.4) is 0 Å². The number of guanidine groups is 1. The Morgan fingerprint density at radius 1 is 1.37 bits per heavy atom. The second kappa shape index (κ2) is 8.38. The minimum absolute atomic E-state index is 0.0516. The molecule has 0 aromatic heterocycles. The van der Waals surface area contributed by atoms with Crippen molar-refractivity contribution in [1.82, 2.24) is 5.32 Å². The summed E-state index contributed by atoms with van der Waals surface area (Å²) in [5, 5.41) is 10.6. The van der Waals surface area contributed by atoms with Crippen LogP contribution < -0.4 is 16.0 Å². The van der Waals surface area contributed by atoms with E-state index in [4.69, 9.17) is 15.7 Å². The molecule has 1 aliphatic rings. The number of hydrogen-bond acceptors (Lipinski definition) is 6. The number of anilines is 1. The fourth-order valence-electron chi connectivity index (χ4n) is 2.91. The third-order valence-corrected chi connectivity index (χ3v) is 5.51. The molecule has 2 aromatic carbocycles. The largest absolute Gasteiger partial charge is 0.442 e. The van der Waals surface area contributed by atoms with E-state index in [0.717, 1.165) is 6.26 Å². The van der Waals surface area contributed by atoms with Crippen LogP contribution in [0.15, 0.2) is 52.4 Å². The van der Waals surface area contributed by atoms with Crippen molar-refractivity contribution in [3.05, 3.63) is 48.3 Å². The molecule has 0 saturated carbocycles. The van der Waals surface area contributed by atoms with Crippen molar-refractivity contribution < 1.29 is 22.3 Å². The van der Waals surface area contributed by atoms with Crippen molar-refractivity contribution in [1.29, 1.82) is 5.26 Å². The number of hydrogen-bond donors (Lipinski definition) is 2. The molecule has 0 aliphatic carbocycles. The fourth-order valence-corrected chi connectivity index (χ4v) is 3.54. The molecule has 1 fully saturated rings. The summed E-state index contributed by atoms with van der Waals surface area (Å²) in [7, 11) is -3.34. The zero-order chi connectivity index (χ0) is 21.9. The minimum atomic E-state index is -3.34. The van der Waals surface area contributed by atoms with Crippen LogP contribution in [0.5, 0.6) is 0 Å². The van der Waals surface area contributed by atoms with Gasteiger partial charge in [0.1, 0.15) is 11.9 Å². The number of cyclic esters (lactones) is 1. The highest BCUT2D eigenvalue weighted by Crippen LogP contribution is 2.29. The Labute approximate surface area is 172 Å². The molecule has 11 heteroatoms. The molecule has 1 saturated heterocycles. The monoisotopic (exact) mass is 431 g/mol. The lowest BCUT2D eigenvalue weighted by molar-refractivity contribution is 0.145. The summed E-state index contributed by atoms with van der Waals surface area (Å²) in [4.78, 5) is 17.4. The van der Waals surface area contributed by atoms with Crippen LogP contribution in [0.4, 0.5) is 14.9 Å². The topological polar surface area (TPSA) is 138 Å². The van der Waals surface area contributed by atoms with Gasteiger partial charge in [0.2, 0.25) is 5.96 Å². The molecular formula is C19H18FN5O4S. The van der Waals surface area contributed by atoms with E-state index in [0.29, 0.717) is 11.3 Å². The van der Waals surface area contributed by atoms with Gasteiger partial charge in [0.05, 0.1) is 23.7 Å². The zero-order valence-electron chi connectivity index (χ0n) is 15.9. The van der Waals surface area contributed by atoms with Crippen molar-refractivity contribution in [2.75, 3.05) is 24.2 Å². The molecule has 0 spiro atoms. The number of amides is 1. The van der Waals surface area contributed by atoms with E-state index in [1.54, 1.807) is 12.3 Å². The second-order valence-electron chi connectivity index (χ2n) is 6.54. The lowest BCUT2D eigenvalue weighted by Gasteiger charge is -2.14. The molecule has 30 heavy (non-hydrogen) atoms. The standard InChI is InChI=1S/C19H18FN5O4S/c1-30(27,28)15-5-2-12(3-6-15)16-7-4-13(8-17(16)20)25-10-14(29-19(25)26)9-23-18(22)24-11-21/h2-8,14H,9-10H2,1H3,(H3,22,23,24)/t14-/m0/s1. The van der Waals surface area contributed by atoms with Gasteiger partial charge in [-0.1, -0.05) is 12.1 Å². The maximum atomic E-state index is 14.7. The molecule has 1 amide bonds. The average molecular weight is 431 g/mol. The number of aliphatic imine (C=N–C) groups is 1. The maximum Gasteiger partial charge on any atom is 0.414 e. The summed E-state index contributed by atoms with van der Waals surface area (Å²) in [6, 6.07) is 10.1. The number of nitrogens with one attached hydrogen (secondary N) is 1. The molecular weight excluding hydrogens is 413 g/mol. The number of benzene rings is 2. The van der Waals surface area contributed by atoms with Crippen LogP contribution in [0.25, 0.3) is 11.1 Å². The summed E-state index contributed by atoms with van der Waals surface area (Å²) in [5.74, 6) is -0.666. The number of halogens is 1. The van der Waals surface area contributed by atoms with Crippen LogP contribution in [-0.4, -0.2) is 45.9 Å². The molecule has 0 bridgehead atoms. The van der Waals surface area contributed by atoms with E-state index >= 15 is 0 Å². The van der Waals surface area contributed by atoms with Crippen LogP contribution in [0.2, 0.25) is 0 Å². The summed E-state index contributed by atoms with van der Waals surface area (Å²) < 4.78 is 43.0. The van der Waals surface area contributed by atoms with E-state index < -0.39 is 27.9 Å². The Balaban J connectivity index is 1.76. The van der Waals surface area contributed by atoms with Crippen molar-refractivity contribution in [2.24, 2.45) is 10.7 Å². The fraction of sp³-hybridized carbons (Fsp3) is 0.211. The van der Waals surface area contributed by atoms with Crippen LogP contribution in [0.1, 0.15) is 0 Å². The molecule has 1 heterocycles. The Morgan fingerprint density at radius 2 is 2.07 bits per heavy atom. The number of ether oxygens (including phenoxy) is 1. The summed E-state index contributed by atoms with van der Waals surface area (Å²) in [6.45, 7) is 0.194. The SMILES string of the molecule is CS(=O)(=O)c1ccc(-c2ccc(N3C[C@H](CN=C(N)NC#N)OC3=O)cc2F)cc1.